The summed E-state index contributed by atoms with van der Waals surface area (Å²) in [6.07, 6.45) is 2.89. The van der Waals surface area contributed by atoms with Crippen LogP contribution in [0.2, 0.25) is 0 Å². The van der Waals surface area contributed by atoms with Crippen LogP contribution in [0.15, 0.2) is 65.6 Å². The lowest BCUT2D eigenvalue weighted by molar-refractivity contribution is -0.385. The van der Waals surface area contributed by atoms with Crippen molar-refractivity contribution in [3.05, 3.63) is 86.5 Å². The number of thiocarbonyl (C=S) groups is 1. The van der Waals surface area contributed by atoms with Crippen LogP contribution in [-0.2, 0) is 14.3 Å². The van der Waals surface area contributed by atoms with Gasteiger partial charge in [0.05, 0.1) is 16.5 Å². The van der Waals surface area contributed by atoms with Crippen LogP contribution in [0.5, 0.6) is 0 Å². The minimum atomic E-state index is -4.15. The minimum Gasteiger partial charge on any atom is -0.261 e. The van der Waals surface area contributed by atoms with E-state index in [2.05, 4.69) is 0 Å². The minimum absolute atomic E-state index is 0.0289. The van der Waals surface area contributed by atoms with Crippen LogP contribution in [-0.4, -0.2) is 29.7 Å². The van der Waals surface area contributed by atoms with E-state index in [9.17, 15) is 28.6 Å². The Morgan fingerprint density at radius 2 is 1.63 bits per heavy atom. The molecule has 35 heavy (non-hydrogen) atoms. The third kappa shape index (κ3) is 6.65. The molecule has 0 spiro atoms. The number of fused-ring (bicyclic) bond motifs is 1. The van der Waals surface area contributed by atoms with E-state index >= 15 is 0 Å². The van der Waals surface area contributed by atoms with E-state index in [1.54, 1.807) is 18.2 Å². The maximum Gasteiger partial charge on any atom is 0.297 e. The lowest BCUT2D eigenvalue weighted by atomic mass is 9.89. The highest BCUT2D eigenvalue weighted by molar-refractivity contribution is 7.87. The average molecular weight is 517 g/mol. The largest absolute Gasteiger partial charge is 0.297 e. The molecule has 0 bridgehead atoms. The highest BCUT2D eigenvalue weighted by Gasteiger charge is 2.21. The third-order valence-corrected chi connectivity index (χ3v) is 7.31. The van der Waals surface area contributed by atoms with Gasteiger partial charge in [0.2, 0.25) is 0 Å². The number of nitro groups is 2. The van der Waals surface area contributed by atoms with Crippen LogP contribution in [0.1, 0.15) is 44.1 Å². The Kier molecular flexibility index (Phi) is 8.60. The molecule has 0 aliphatic heterocycles. The van der Waals surface area contributed by atoms with Crippen molar-refractivity contribution >= 4 is 49.3 Å². The molecular weight excluding hydrogens is 492 g/mol. The summed E-state index contributed by atoms with van der Waals surface area (Å²) < 4.78 is 30.9. The van der Waals surface area contributed by atoms with Crippen molar-refractivity contribution in [1.82, 2.24) is 0 Å². The fraction of sp³-hybridized carbons (Fsp3) is 0.292. The molecule has 0 fully saturated rings. The summed E-state index contributed by atoms with van der Waals surface area (Å²) in [5.41, 5.74) is 0.864. The molecule has 0 aliphatic carbocycles. The van der Waals surface area contributed by atoms with Gasteiger partial charge in [0, 0.05) is 34.5 Å². The Labute approximate surface area is 208 Å². The zero-order valence-electron chi connectivity index (χ0n) is 19.0. The molecule has 1 atom stereocenters. The molecule has 3 aromatic carbocycles. The van der Waals surface area contributed by atoms with E-state index in [4.69, 9.17) is 16.4 Å². The highest BCUT2D eigenvalue weighted by atomic mass is 32.2. The van der Waals surface area contributed by atoms with E-state index in [0.717, 1.165) is 18.4 Å². The maximum atomic E-state index is 12.8. The molecule has 0 amide bonds. The maximum absolute atomic E-state index is 12.8. The van der Waals surface area contributed by atoms with E-state index in [1.807, 2.05) is 6.92 Å². The molecule has 0 aromatic heterocycles. The summed E-state index contributed by atoms with van der Waals surface area (Å²) in [5.74, 6) is 0.129. The molecule has 0 radical (unpaired) electrons. The predicted octanol–water partition coefficient (Wildman–Crippen LogP) is 6.10. The zero-order valence-corrected chi connectivity index (χ0v) is 20.6. The summed E-state index contributed by atoms with van der Waals surface area (Å²) >= 11 is 5.37. The van der Waals surface area contributed by atoms with Gasteiger partial charge >= 0.3 is 0 Å². The van der Waals surface area contributed by atoms with Crippen molar-refractivity contribution < 1.29 is 22.4 Å². The molecule has 0 saturated carbocycles. The van der Waals surface area contributed by atoms with Gasteiger partial charge in [-0.1, -0.05) is 49.8 Å². The number of non-ortho nitro benzene ring substituents is 2. The van der Waals surface area contributed by atoms with E-state index in [1.165, 1.54) is 42.5 Å². The quantitative estimate of drug-likeness (QED) is 0.122. The molecule has 3 aromatic rings. The molecular formula is C24H24N2O7S2. The lowest BCUT2D eigenvalue weighted by Crippen LogP contribution is -2.14. The van der Waals surface area contributed by atoms with Crippen LogP contribution in [0.3, 0.4) is 0 Å². The van der Waals surface area contributed by atoms with Crippen molar-refractivity contribution in [2.24, 2.45) is 0 Å². The molecule has 0 aliphatic rings. The van der Waals surface area contributed by atoms with Crippen LogP contribution in [0.4, 0.5) is 11.4 Å². The molecule has 0 saturated heterocycles. The Bertz CT molecular complexity index is 1360. The van der Waals surface area contributed by atoms with Gasteiger partial charge in [-0.15, -0.1) is 0 Å². The first-order chi connectivity index (χ1) is 16.6. The Hall–Kier alpha value is -3.28. The molecule has 1 unspecified atom stereocenters. The fourth-order valence-electron chi connectivity index (χ4n) is 3.88. The molecule has 0 heterocycles. The molecule has 11 heteroatoms. The second-order valence-electron chi connectivity index (χ2n) is 8.05. The first kappa shape index (κ1) is 26.3. The second kappa shape index (κ2) is 11.4. The summed E-state index contributed by atoms with van der Waals surface area (Å²) in [6.45, 7) is 1.78. The van der Waals surface area contributed by atoms with Gasteiger partial charge in [0.15, 0.2) is 0 Å². The van der Waals surface area contributed by atoms with Crippen molar-refractivity contribution in [3.8, 4) is 0 Å². The van der Waals surface area contributed by atoms with Gasteiger partial charge in [-0.25, -0.2) is 0 Å². The average Bonchev–Trinajstić information content (AvgIpc) is 2.84. The SMILES string of the molecule is CCCC(CCC(=S)COS(=O)(=O)c1cccc2cc([N+](=O)[O-])ccc12)c1ccc([N+](=O)[O-])cc1. The first-order valence-electron chi connectivity index (χ1n) is 10.9. The number of rotatable bonds is 12. The molecule has 184 valence electrons. The molecule has 3 rings (SSSR count). The summed E-state index contributed by atoms with van der Waals surface area (Å²) in [6, 6.07) is 14.9. The second-order valence-corrected chi connectivity index (χ2v) is 10.2. The summed E-state index contributed by atoms with van der Waals surface area (Å²) in [4.78, 5) is 21.3. The standard InChI is InChI=1S/C24H24N2O7S2/c1-2-4-17(18-7-10-20(11-8-18)25(27)28)9-13-22(34)16-33-35(31,32)24-6-3-5-19-15-21(26(29)30)12-14-23(19)24/h3,5-8,10-12,14-15,17H,2,4,9,13,16H2,1H3. The number of hydrogen-bond donors (Lipinski definition) is 0. The van der Waals surface area contributed by atoms with Crippen LogP contribution < -0.4 is 0 Å². The van der Waals surface area contributed by atoms with E-state index < -0.39 is 20.0 Å². The van der Waals surface area contributed by atoms with Gasteiger partial charge in [-0.2, -0.15) is 8.42 Å². The summed E-state index contributed by atoms with van der Waals surface area (Å²) in [7, 11) is -4.15. The van der Waals surface area contributed by atoms with Gasteiger partial charge in [-0.3, -0.25) is 24.4 Å². The third-order valence-electron chi connectivity index (χ3n) is 5.66. The lowest BCUT2D eigenvalue weighted by Gasteiger charge is -2.17. The van der Waals surface area contributed by atoms with Crippen molar-refractivity contribution in [1.29, 1.82) is 0 Å². The van der Waals surface area contributed by atoms with Gasteiger partial charge in [-0.05, 0) is 48.3 Å². The van der Waals surface area contributed by atoms with E-state index in [-0.39, 0.29) is 28.8 Å². The van der Waals surface area contributed by atoms with Gasteiger partial charge in [0.1, 0.15) is 4.90 Å². The number of hydrogen-bond acceptors (Lipinski definition) is 8. The monoisotopic (exact) mass is 516 g/mol. The Morgan fingerprint density at radius 1 is 0.971 bits per heavy atom. The first-order valence-corrected chi connectivity index (χ1v) is 12.8. The van der Waals surface area contributed by atoms with Crippen LogP contribution in [0.25, 0.3) is 10.8 Å². The van der Waals surface area contributed by atoms with Crippen molar-refractivity contribution in [2.45, 2.75) is 43.4 Å². The topological polar surface area (TPSA) is 130 Å². The zero-order chi connectivity index (χ0) is 25.6. The number of nitro benzene ring substituents is 2. The fourth-order valence-corrected chi connectivity index (χ4v) is 5.26. The number of nitrogens with zero attached hydrogens (tertiary/aromatic N) is 2. The Morgan fingerprint density at radius 3 is 2.26 bits per heavy atom. The number of benzene rings is 3. The van der Waals surface area contributed by atoms with E-state index in [0.29, 0.717) is 28.5 Å². The van der Waals surface area contributed by atoms with Crippen LogP contribution in [0, 0.1) is 20.2 Å². The van der Waals surface area contributed by atoms with Gasteiger partial charge < -0.3 is 0 Å². The highest BCUT2D eigenvalue weighted by Crippen LogP contribution is 2.30. The normalized spacial score (nSPS) is 12.4. The van der Waals surface area contributed by atoms with Gasteiger partial charge in [0.25, 0.3) is 21.5 Å². The smallest absolute Gasteiger partial charge is 0.261 e. The predicted molar refractivity (Wildman–Crippen MR) is 136 cm³/mol. The summed E-state index contributed by atoms with van der Waals surface area (Å²) in [5, 5.41) is 22.6. The molecule has 0 N–H and O–H groups in total. The molecule has 9 nitrogen and oxygen atoms in total. The van der Waals surface area contributed by atoms with Crippen molar-refractivity contribution in [3.63, 3.8) is 0 Å². The van der Waals surface area contributed by atoms with Crippen molar-refractivity contribution in [2.75, 3.05) is 6.61 Å². The van der Waals surface area contributed by atoms with Crippen LogP contribution >= 0.6 is 12.2 Å². The Balaban J connectivity index is 1.66.